The Bertz CT molecular complexity index is 1070. The first-order valence-corrected chi connectivity index (χ1v) is 9.73. The third kappa shape index (κ3) is 2.82. The van der Waals surface area contributed by atoms with Crippen LogP contribution >= 0.6 is 11.6 Å². The quantitative estimate of drug-likeness (QED) is 0.607. The Kier molecular flexibility index (Phi) is 4.34. The zero-order valence-corrected chi connectivity index (χ0v) is 16.1. The van der Waals surface area contributed by atoms with Crippen LogP contribution in [0.5, 0.6) is 0 Å². The molecule has 6 heteroatoms. The summed E-state index contributed by atoms with van der Waals surface area (Å²) in [6.45, 7) is 0. The predicted molar refractivity (Wildman–Crippen MR) is 110 cm³/mol. The molecule has 144 valence electrons. The van der Waals surface area contributed by atoms with Gasteiger partial charge in [0.25, 0.3) is 5.91 Å². The lowest BCUT2D eigenvalue weighted by Gasteiger charge is -2.28. The number of nitrogens with zero attached hydrogens (tertiary/aromatic N) is 2. The Hall–Kier alpha value is -3.15. The zero-order valence-electron chi connectivity index (χ0n) is 15.3. The fraction of sp³-hybridized carbons (Fsp3) is 0.130. The number of hydrogen-bond acceptors (Lipinski definition) is 4. The molecule has 2 fully saturated rings. The number of rotatable bonds is 3. The standard InChI is InChI=1S/C23H17ClN2O3/c24-17-13-7-8-14-18(17)25-22(27)19-20(15-9-3-1-4-10-15)26(29-21(19)23(25)28)16-11-5-2-6-12-16/h1-14,19-21H/t19-,20+,21-/m0/s1. The van der Waals surface area contributed by atoms with Gasteiger partial charge in [0.15, 0.2) is 6.10 Å². The number of benzene rings is 3. The van der Waals surface area contributed by atoms with E-state index >= 15 is 0 Å². The number of fused-ring (bicyclic) bond motifs is 1. The normalized spacial score (nSPS) is 23.6. The fourth-order valence-corrected chi connectivity index (χ4v) is 4.29. The van der Waals surface area contributed by atoms with Gasteiger partial charge in [-0.15, -0.1) is 0 Å². The number of para-hydroxylation sites is 2. The second-order valence-electron chi connectivity index (χ2n) is 7.03. The summed E-state index contributed by atoms with van der Waals surface area (Å²) >= 11 is 6.27. The Morgan fingerprint density at radius 3 is 2.07 bits per heavy atom. The number of amides is 2. The van der Waals surface area contributed by atoms with Crippen molar-refractivity contribution in [2.24, 2.45) is 5.92 Å². The van der Waals surface area contributed by atoms with E-state index in [4.69, 9.17) is 16.4 Å². The monoisotopic (exact) mass is 404 g/mol. The molecule has 2 aliphatic heterocycles. The van der Waals surface area contributed by atoms with Crippen molar-refractivity contribution >= 4 is 34.8 Å². The molecule has 5 nitrogen and oxygen atoms in total. The van der Waals surface area contributed by atoms with Crippen LogP contribution < -0.4 is 9.96 Å². The first-order valence-electron chi connectivity index (χ1n) is 9.35. The van der Waals surface area contributed by atoms with Crippen LogP contribution in [0.3, 0.4) is 0 Å². The van der Waals surface area contributed by atoms with E-state index in [0.717, 1.165) is 16.2 Å². The zero-order chi connectivity index (χ0) is 20.0. The summed E-state index contributed by atoms with van der Waals surface area (Å²) in [6.07, 6.45) is -0.899. The van der Waals surface area contributed by atoms with Crippen molar-refractivity contribution in [3.05, 3.63) is 95.5 Å². The molecular weight excluding hydrogens is 388 g/mol. The smallest absolute Gasteiger partial charge is 0.266 e. The fourth-order valence-electron chi connectivity index (χ4n) is 4.07. The molecule has 2 amide bonds. The van der Waals surface area contributed by atoms with Gasteiger partial charge >= 0.3 is 0 Å². The highest BCUT2D eigenvalue weighted by molar-refractivity contribution is 6.36. The topological polar surface area (TPSA) is 49.9 Å². The van der Waals surface area contributed by atoms with Gasteiger partial charge in [0.05, 0.1) is 22.4 Å². The van der Waals surface area contributed by atoms with E-state index in [-0.39, 0.29) is 5.91 Å². The molecule has 3 atom stereocenters. The number of hydrogen-bond donors (Lipinski definition) is 0. The van der Waals surface area contributed by atoms with Crippen LogP contribution in [0.25, 0.3) is 0 Å². The summed E-state index contributed by atoms with van der Waals surface area (Å²) in [6, 6.07) is 25.6. The van der Waals surface area contributed by atoms with Gasteiger partial charge in [0, 0.05) is 0 Å². The minimum absolute atomic E-state index is 0.305. The summed E-state index contributed by atoms with van der Waals surface area (Å²) in [4.78, 5) is 33.9. The molecule has 0 aromatic heterocycles. The van der Waals surface area contributed by atoms with Crippen LogP contribution in [0.4, 0.5) is 11.4 Å². The SMILES string of the molecule is O=C1[C@@H]2[C@H](ON(c3ccccc3)[C@@H]2c2ccccc2)C(=O)N1c1ccccc1Cl. The Balaban J connectivity index is 1.60. The van der Waals surface area contributed by atoms with Gasteiger partial charge in [0.2, 0.25) is 5.91 Å². The van der Waals surface area contributed by atoms with E-state index in [0.29, 0.717) is 10.7 Å². The first kappa shape index (κ1) is 17.9. The molecule has 2 saturated heterocycles. The van der Waals surface area contributed by atoms with Crippen LogP contribution in [0.2, 0.25) is 5.02 Å². The minimum atomic E-state index is -0.899. The van der Waals surface area contributed by atoms with Gasteiger partial charge in [0.1, 0.15) is 5.92 Å². The lowest BCUT2D eigenvalue weighted by atomic mass is 9.90. The van der Waals surface area contributed by atoms with Crippen LogP contribution in [0, 0.1) is 5.92 Å². The van der Waals surface area contributed by atoms with E-state index < -0.39 is 24.0 Å². The maximum Gasteiger partial charge on any atom is 0.266 e. The van der Waals surface area contributed by atoms with Crippen molar-refractivity contribution in [3.63, 3.8) is 0 Å². The molecule has 2 heterocycles. The summed E-state index contributed by atoms with van der Waals surface area (Å²) in [7, 11) is 0. The minimum Gasteiger partial charge on any atom is -0.273 e. The van der Waals surface area contributed by atoms with E-state index in [9.17, 15) is 9.59 Å². The van der Waals surface area contributed by atoms with Gasteiger partial charge in [-0.1, -0.05) is 72.3 Å². The van der Waals surface area contributed by atoms with Crippen LogP contribution in [0.15, 0.2) is 84.9 Å². The van der Waals surface area contributed by atoms with Crippen molar-refractivity contribution in [2.75, 3.05) is 9.96 Å². The van der Waals surface area contributed by atoms with Crippen molar-refractivity contribution in [1.29, 1.82) is 0 Å². The third-order valence-corrected chi connectivity index (χ3v) is 5.68. The molecule has 0 aliphatic carbocycles. The van der Waals surface area contributed by atoms with Gasteiger partial charge in [-0.05, 0) is 29.8 Å². The molecule has 3 aromatic carbocycles. The van der Waals surface area contributed by atoms with Crippen LogP contribution in [0.1, 0.15) is 11.6 Å². The van der Waals surface area contributed by atoms with Gasteiger partial charge in [-0.25, -0.2) is 9.96 Å². The highest BCUT2D eigenvalue weighted by atomic mass is 35.5. The largest absolute Gasteiger partial charge is 0.273 e. The summed E-state index contributed by atoms with van der Waals surface area (Å²) in [5.41, 5.74) is 2.09. The van der Waals surface area contributed by atoms with Crippen LogP contribution in [-0.2, 0) is 14.4 Å². The molecule has 0 bridgehead atoms. The first-order chi connectivity index (χ1) is 14.2. The van der Waals surface area contributed by atoms with E-state index in [1.54, 1.807) is 29.3 Å². The van der Waals surface area contributed by atoms with E-state index in [2.05, 4.69) is 0 Å². The van der Waals surface area contributed by atoms with Gasteiger partial charge in [-0.3, -0.25) is 14.4 Å². The number of carbonyl (C=O) groups excluding carboxylic acids is 2. The Morgan fingerprint density at radius 2 is 1.38 bits per heavy atom. The number of hydroxylamine groups is 1. The van der Waals surface area contributed by atoms with E-state index in [1.165, 1.54) is 0 Å². The second kappa shape index (κ2) is 7.03. The van der Waals surface area contributed by atoms with E-state index in [1.807, 2.05) is 60.7 Å². The second-order valence-corrected chi connectivity index (χ2v) is 7.44. The van der Waals surface area contributed by atoms with Crippen molar-refractivity contribution in [3.8, 4) is 0 Å². The maximum atomic E-state index is 13.5. The molecule has 5 rings (SSSR count). The third-order valence-electron chi connectivity index (χ3n) is 5.36. The molecule has 3 aromatic rings. The summed E-state index contributed by atoms with van der Waals surface area (Å²) < 4.78 is 0. The average molecular weight is 405 g/mol. The lowest BCUT2D eigenvalue weighted by molar-refractivity contribution is -0.126. The number of carbonyl (C=O) groups is 2. The van der Waals surface area contributed by atoms with Gasteiger partial charge < -0.3 is 0 Å². The predicted octanol–water partition coefficient (Wildman–Crippen LogP) is 4.39. The van der Waals surface area contributed by atoms with Crippen LogP contribution in [-0.4, -0.2) is 17.9 Å². The average Bonchev–Trinajstić information content (AvgIpc) is 3.26. The molecule has 0 spiro atoms. The molecule has 0 unspecified atom stereocenters. The number of anilines is 2. The summed E-state index contributed by atoms with van der Waals surface area (Å²) in [5.74, 6) is -1.37. The van der Waals surface area contributed by atoms with Crippen molar-refractivity contribution in [2.45, 2.75) is 12.1 Å². The molecule has 0 saturated carbocycles. The molecule has 2 aliphatic rings. The lowest BCUT2D eigenvalue weighted by Crippen LogP contribution is -2.37. The highest BCUT2D eigenvalue weighted by Crippen LogP contribution is 2.48. The summed E-state index contributed by atoms with van der Waals surface area (Å²) in [5, 5.41) is 2.04. The molecular formula is C23H17ClN2O3. The molecule has 0 N–H and O–H groups in total. The van der Waals surface area contributed by atoms with Crippen molar-refractivity contribution in [1.82, 2.24) is 0 Å². The highest BCUT2D eigenvalue weighted by Gasteiger charge is 2.60. The van der Waals surface area contributed by atoms with Gasteiger partial charge in [-0.2, -0.15) is 0 Å². The molecule has 29 heavy (non-hydrogen) atoms. The number of halogens is 1. The Labute approximate surface area is 173 Å². The van der Waals surface area contributed by atoms with Crippen molar-refractivity contribution < 1.29 is 14.4 Å². The number of imide groups is 1. The Morgan fingerprint density at radius 1 is 0.759 bits per heavy atom. The molecule has 0 radical (unpaired) electrons. The maximum absolute atomic E-state index is 13.5.